The molecule has 0 unspecified atom stereocenters. The summed E-state index contributed by atoms with van der Waals surface area (Å²) >= 11 is 3.36. The van der Waals surface area contributed by atoms with Crippen LogP contribution >= 0.6 is 15.9 Å². The molecule has 2 aromatic carbocycles. The molecule has 0 bridgehead atoms. The van der Waals surface area contributed by atoms with Crippen LogP contribution in [-0.4, -0.2) is 6.03 Å². The molecule has 0 saturated heterocycles. The molecule has 2 amide bonds. The fourth-order valence-corrected chi connectivity index (χ4v) is 2.09. The van der Waals surface area contributed by atoms with Crippen LogP contribution in [0.4, 0.5) is 14.9 Å². The van der Waals surface area contributed by atoms with Gasteiger partial charge in [-0.05, 0) is 42.3 Å². The first kappa shape index (κ1) is 14.5. The number of aryl methyl sites for hydroxylation is 1. The predicted octanol–water partition coefficient (Wildman–Crippen LogP) is 4.22. The summed E-state index contributed by atoms with van der Waals surface area (Å²) in [6, 6.07) is 11.5. The molecule has 0 radical (unpaired) electrons. The fourth-order valence-electron chi connectivity index (χ4n) is 1.72. The van der Waals surface area contributed by atoms with E-state index in [0.29, 0.717) is 5.56 Å². The monoisotopic (exact) mass is 336 g/mol. The topological polar surface area (TPSA) is 41.1 Å². The van der Waals surface area contributed by atoms with Gasteiger partial charge in [0.1, 0.15) is 5.82 Å². The zero-order valence-electron chi connectivity index (χ0n) is 10.9. The minimum Gasteiger partial charge on any atom is -0.334 e. The Kier molecular flexibility index (Phi) is 4.74. The van der Waals surface area contributed by atoms with Gasteiger partial charge < -0.3 is 10.6 Å². The molecule has 2 N–H and O–H groups in total. The molecule has 2 rings (SSSR count). The summed E-state index contributed by atoms with van der Waals surface area (Å²) in [7, 11) is 0. The molecular formula is C15H14BrFN2O. The molecule has 0 aromatic heterocycles. The Balaban J connectivity index is 1.94. The summed E-state index contributed by atoms with van der Waals surface area (Å²) in [6.07, 6.45) is 0. The highest BCUT2D eigenvalue weighted by Crippen LogP contribution is 2.20. The van der Waals surface area contributed by atoms with Gasteiger partial charge in [-0.15, -0.1) is 0 Å². The Morgan fingerprint density at radius 2 is 2.05 bits per heavy atom. The zero-order valence-corrected chi connectivity index (χ0v) is 12.5. The number of benzene rings is 2. The molecule has 0 aliphatic rings. The number of carbonyl (C=O) groups is 1. The van der Waals surface area contributed by atoms with Crippen molar-refractivity contribution in [2.24, 2.45) is 0 Å². The third kappa shape index (κ3) is 4.06. The molecule has 20 heavy (non-hydrogen) atoms. The highest BCUT2D eigenvalue weighted by atomic mass is 79.9. The van der Waals surface area contributed by atoms with E-state index in [1.807, 2.05) is 25.1 Å². The van der Waals surface area contributed by atoms with Gasteiger partial charge in [-0.2, -0.15) is 0 Å². The van der Waals surface area contributed by atoms with Crippen molar-refractivity contribution in [1.29, 1.82) is 0 Å². The van der Waals surface area contributed by atoms with E-state index in [1.54, 1.807) is 12.1 Å². The maximum atomic E-state index is 13.0. The number of rotatable bonds is 3. The van der Waals surface area contributed by atoms with Gasteiger partial charge >= 0.3 is 6.03 Å². The smallest absolute Gasteiger partial charge is 0.319 e. The molecule has 3 nitrogen and oxygen atoms in total. The summed E-state index contributed by atoms with van der Waals surface area (Å²) in [6.45, 7) is 2.19. The van der Waals surface area contributed by atoms with Crippen molar-refractivity contribution in [3.8, 4) is 0 Å². The largest absolute Gasteiger partial charge is 0.334 e. The van der Waals surface area contributed by atoms with Crippen molar-refractivity contribution in [1.82, 2.24) is 5.32 Å². The molecule has 5 heteroatoms. The van der Waals surface area contributed by atoms with Gasteiger partial charge in [0.05, 0.1) is 0 Å². The van der Waals surface area contributed by atoms with Crippen LogP contribution < -0.4 is 10.6 Å². The minimum absolute atomic E-state index is 0.274. The van der Waals surface area contributed by atoms with Crippen molar-refractivity contribution < 1.29 is 9.18 Å². The summed E-state index contributed by atoms with van der Waals surface area (Å²) in [4.78, 5) is 11.8. The predicted molar refractivity (Wildman–Crippen MR) is 81.1 cm³/mol. The number of hydrogen-bond acceptors (Lipinski definition) is 1. The van der Waals surface area contributed by atoms with Gasteiger partial charge in [0.25, 0.3) is 0 Å². The first-order chi connectivity index (χ1) is 9.54. The number of halogens is 2. The van der Waals surface area contributed by atoms with Crippen LogP contribution in [0.3, 0.4) is 0 Å². The van der Waals surface area contributed by atoms with Crippen LogP contribution in [-0.2, 0) is 6.54 Å². The van der Waals surface area contributed by atoms with Crippen molar-refractivity contribution >= 4 is 27.6 Å². The standard InChI is InChI=1S/C15H14BrFN2O/c1-10-5-6-12(16)8-14(10)19-15(20)18-9-11-3-2-4-13(17)7-11/h2-8H,9H2,1H3,(H2,18,19,20). The number of carbonyl (C=O) groups excluding carboxylic acids is 1. The van der Waals surface area contributed by atoms with Crippen LogP contribution in [0.1, 0.15) is 11.1 Å². The lowest BCUT2D eigenvalue weighted by Gasteiger charge is -2.10. The van der Waals surface area contributed by atoms with Crippen LogP contribution in [0.5, 0.6) is 0 Å². The summed E-state index contributed by atoms with van der Waals surface area (Å²) < 4.78 is 13.9. The molecule has 0 saturated carbocycles. The second-order valence-electron chi connectivity index (χ2n) is 4.40. The summed E-state index contributed by atoms with van der Waals surface area (Å²) in [5, 5.41) is 5.45. The van der Waals surface area contributed by atoms with E-state index >= 15 is 0 Å². The average Bonchev–Trinajstić information content (AvgIpc) is 2.41. The van der Waals surface area contributed by atoms with E-state index in [1.165, 1.54) is 12.1 Å². The Labute approximate surface area is 125 Å². The molecule has 0 spiro atoms. The van der Waals surface area contributed by atoms with Crippen molar-refractivity contribution in [2.75, 3.05) is 5.32 Å². The Hall–Kier alpha value is -1.88. The molecule has 0 aliphatic heterocycles. The lowest BCUT2D eigenvalue weighted by Crippen LogP contribution is -2.28. The number of amides is 2. The molecule has 104 valence electrons. The van der Waals surface area contributed by atoms with E-state index in [9.17, 15) is 9.18 Å². The average molecular weight is 337 g/mol. The van der Waals surface area contributed by atoms with Crippen LogP contribution in [0, 0.1) is 12.7 Å². The highest BCUT2D eigenvalue weighted by molar-refractivity contribution is 9.10. The van der Waals surface area contributed by atoms with E-state index in [4.69, 9.17) is 0 Å². The quantitative estimate of drug-likeness (QED) is 0.865. The number of hydrogen-bond donors (Lipinski definition) is 2. The first-order valence-electron chi connectivity index (χ1n) is 6.10. The number of anilines is 1. The fraction of sp³-hybridized carbons (Fsp3) is 0.133. The second-order valence-corrected chi connectivity index (χ2v) is 5.31. The van der Waals surface area contributed by atoms with Gasteiger partial charge in [0.15, 0.2) is 0 Å². The van der Waals surface area contributed by atoms with Crippen molar-refractivity contribution in [2.45, 2.75) is 13.5 Å². The van der Waals surface area contributed by atoms with E-state index in [-0.39, 0.29) is 18.4 Å². The first-order valence-corrected chi connectivity index (χ1v) is 6.89. The van der Waals surface area contributed by atoms with Gasteiger partial charge in [-0.25, -0.2) is 9.18 Å². The Bertz CT molecular complexity index is 631. The van der Waals surface area contributed by atoms with Crippen LogP contribution in [0.25, 0.3) is 0 Å². The number of nitrogens with one attached hydrogen (secondary N) is 2. The van der Waals surface area contributed by atoms with E-state index < -0.39 is 0 Å². The normalized spacial score (nSPS) is 10.2. The Morgan fingerprint density at radius 1 is 1.25 bits per heavy atom. The highest BCUT2D eigenvalue weighted by Gasteiger charge is 2.05. The molecule has 2 aromatic rings. The minimum atomic E-state index is -0.324. The van der Waals surface area contributed by atoms with Gasteiger partial charge in [-0.3, -0.25) is 0 Å². The van der Waals surface area contributed by atoms with Gasteiger partial charge in [0.2, 0.25) is 0 Å². The van der Waals surface area contributed by atoms with Gasteiger partial charge in [-0.1, -0.05) is 34.1 Å². The number of urea groups is 1. The SMILES string of the molecule is Cc1ccc(Br)cc1NC(=O)NCc1cccc(F)c1. The molecule has 0 fully saturated rings. The van der Waals surface area contributed by atoms with E-state index in [0.717, 1.165) is 15.7 Å². The van der Waals surface area contributed by atoms with Crippen molar-refractivity contribution in [3.63, 3.8) is 0 Å². The third-order valence-electron chi connectivity index (χ3n) is 2.79. The molecule has 0 atom stereocenters. The van der Waals surface area contributed by atoms with Crippen LogP contribution in [0.15, 0.2) is 46.9 Å². The van der Waals surface area contributed by atoms with Crippen LogP contribution in [0.2, 0.25) is 0 Å². The lowest BCUT2D eigenvalue weighted by molar-refractivity contribution is 0.251. The molecular weight excluding hydrogens is 323 g/mol. The maximum Gasteiger partial charge on any atom is 0.319 e. The summed E-state index contributed by atoms with van der Waals surface area (Å²) in [5.41, 5.74) is 2.41. The lowest BCUT2D eigenvalue weighted by atomic mass is 10.2. The third-order valence-corrected chi connectivity index (χ3v) is 3.28. The maximum absolute atomic E-state index is 13.0. The van der Waals surface area contributed by atoms with E-state index in [2.05, 4.69) is 26.6 Å². The molecule has 0 heterocycles. The van der Waals surface area contributed by atoms with Gasteiger partial charge in [0, 0.05) is 16.7 Å². The zero-order chi connectivity index (χ0) is 14.5. The summed E-state index contributed by atoms with van der Waals surface area (Å²) in [5.74, 6) is -0.312. The Morgan fingerprint density at radius 3 is 2.80 bits per heavy atom. The second kappa shape index (κ2) is 6.52. The molecule has 0 aliphatic carbocycles. The van der Waals surface area contributed by atoms with Crippen molar-refractivity contribution in [3.05, 3.63) is 63.9 Å².